The monoisotopic (exact) mass is 850 g/mol. The van der Waals surface area contributed by atoms with Crippen LogP contribution >= 0.6 is 0 Å². The quantitative estimate of drug-likeness (QED) is 0.0555. The Labute approximate surface area is 360 Å². The van der Waals surface area contributed by atoms with Crippen LogP contribution in [0.25, 0.3) is 0 Å². The van der Waals surface area contributed by atoms with Crippen molar-refractivity contribution in [2.75, 3.05) is 0 Å². The van der Waals surface area contributed by atoms with Gasteiger partial charge in [0.05, 0.1) is 11.8 Å². The molecule has 4 rings (SSSR count). The molecule has 2 unspecified atom stereocenters. The molecule has 0 saturated heterocycles. The molecule has 62 heavy (non-hydrogen) atoms. The third kappa shape index (κ3) is 15.9. The molecule has 6 N–H and O–H groups in total. The van der Waals surface area contributed by atoms with Crippen molar-refractivity contribution in [2.45, 2.75) is 83.8 Å². The second-order valence-corrected chi connectivity index (χ2v) is 15.4. The van der Waals surface area contributed by atoms with E-state index in [1.807, 2.05) is 13.8 Å². The Kier molecular flexibility index (Phi) is 18.7. The molecule has 0 bridgehead atoms. The Morgan fingerprint density at radius 3 is 1.45 bits per heavy atom. The van der Waals surface area contributed by atoms with Crippen LogP contribution in [-0.4, -0.2) is 76.1 Å². The fourth-order valence-corrected chi connectivity index (χ4v) is 6.58. The Balaban J connectivity index is 1.64. The predicted octanol–water partition coefficient (Wildman–Crippen LogP) is 4.82. The summed E-state index contributed by atoms with van der Waals surface area (Å²) in [6.07, 6.45) is -1.62. The summed E-state index contributed by atoms with van der Waals surface area (Å²) in [5.41, 5.74) is 2.54. The van der Waals surface area contributed by atoms with Gasteiger partial charge in [0.15, 0.2) is 0 Å². The van der Waals surface area contributed by atoms with Crippen LogP contribution in [0.5, 0.6) is 0 Å². The summed E-state index contributed by atoms with van der Waals surface area (Å²) in [7, 11) is 0. The van der Waals surface area contributed by atoms with Crippen molar-refractivity contribution in [3.8, 4) is 0 Å². The fraction of sp³-hybridized carbons (Fsp3) is 0.340. The van der Waals surface area contributed by atoms with Gasteiger partial charge in [-0.3, -0.25) is 24.0 Å². The Morgan fingerprint density at radius 1 is 0.500 bits per heavy atom. The highest BCUT2D eigenvalue weighted by molar-refractivity contribution is 5.97. The summed E-state index contributed by atoms with van der Waals surface area (Å²) >= 11 is 0. The number of hydrogen-bond donors (Lipinski definition) is 6. The maximum Gasteiger partial charge on any atom is 0.408 e. The van der Waals surface area contributed by atoms with Gasteiger partial charge in [0.1, 0.15) is 37.4 Å². The molecule has 0 saturated carbocycles. The number of amides is 4. The minimum atomic E-state index is -1.85. The third-order valence-electron chi connectivity index (χ3n) is 9.90. The SMILES string of the molecule is CC(C)C[C@H](NC(=O)[C@@H](NC(=O)[C@H](CC(Cc1ccccc1)C(=O)O)NC(=O)[C@H](C)NC(=O)OCc1ccccc1)C(Cc1ccccc1)C(=O)O)C(=O)OCc1ccccc1. The lowest BCUT2D eigenvalue weighted by molar-refractivity contribution is -0.151. The molecular formula is C47H54N4O11. The van der Waals surface area contributed by atoms with Crippen molar-refractivity contribution in [3.05, 3.63) is 144 Å². The lowest BCUT2D eigenvalue weighted by atomic mass is 9.89. The molecule has 0 radical (unpaired) electrons. The zero-order valence-electron chi connectivity index (χ0n) is 34.9. The first-order valence-corrected chi connectivity index (χ1v) is 20.3. The molecule has 0 aliphatic heterocycles. The van der Waals surface area contributed by atoms with E-state index in [-0.39, 0.29) is 38.4 Å². The number of hydrogen-bond acceptors (Lipinski definition) is 9. The van der Waals surface area contributed by atoms with Crippen LogP contribution in [0.4, 0.5) is 4.79 Å². The molecule has 4 aromatic carbocycles. The lowest BCUT2D eigenvalue weighted by Crippen LogP contribution is -2.61. The molecule has 0 spiro atoms. The Hall–Kier alpha value is -7.03. The normalized spacial score (nSPS) is 13.8. The van der Waals surface area contributed by atoms with Crippen LogP contribution in [0, 0.1) is 17.8 Å². The first kappa shape index (κ1) is 47.6. The number of carbonyl (C=O) groups excluding carboxylic acids is 5. The van der Waals surface area contributed by atoms with E-state index in [1.165, 1.54) is 6.92 Å². The largest absolute Gasteiger partial charge is 0.481 e. The minimum absolute atomic E-state index is 0.0485. The Morgan fingerprint density at radius 2 is 0.968 bits per heavy atom. The maximum absolute atomic E-state index is 14.4. The molecule has 15 heteroatoms. The third-order valence-corrected chi connectivity index (χ3v) is 9.90. The fourth-order valence-electron chi connectivity index (χ4n) is 6.58. The molecule has 6 atom stereocenters. The van der Waals surface area contributed by atoms with Crippen molar-refractivity contribution in [1.82, 2.24) is 21.3 Å². The van der Waals surface area contributed by atoms with E-state index in [4.69, 9.17) is 9.47 Å². The van der Waals surface area contributed by atoms with E-state index in [9.17, 15) is 43.8 Å². The number of rotatable bonds is 23. The molecule has 0 aliphatic carbocycles. The van der Waals surface area contributed by atoms with Gasteiger partial charge in [-0.15, -0.1) is 0 Å². The van der Waals surface area contributed by atoms with E-state index in [1.54, 1.807) is 121 Å². The number of esters is 1. The number of ether oxygens (including phenoxy) is 2. The van der Waals surface area contributed by atoms with Gasteiger partial charge < -0.3 is 41.0 Å². The summed E-state index contributed by atoms with van der Waals surface area (Å²) in [5.74, 6) is -9.54. The molecule has 0 heterocycles. The van der Waals surface area contributed by atoms with Crippen LogP contribution in [0.3, 0.4) is 0 Å². The average Bonchev–Trinajstić information content (AvgIpc) is 3.26. The molecule has 4 aromatic rings. The van der Waals surface area contributed by atoms with Crippen LogP contribution < -0.4 is 21.3 Å². The van der Waals surface area contributed by atoms with Gasteiger partial charge in [-0.1, -0.05) is 135 Å². The van der Waals surface area contributed by atoms with Crippen molar-refractivity contribution in [3.63, 3.8) is 0 Å². The van der Waals surface area contributed by atoms with Gasteiger partial charge in [-0.25, -0.2) is 9.59 Å². The smallest absolute Gasteiger partial charge is 0.408 e. The van der Waals surface area contributed by atoms with E-state index < -0.39 is 84.1 Å². The number of carbonyl (C=O) groups is 7. The molecular weight excluding hydrogens is 797 g/mol. The average molecular weight is 851 g/mol. The minimum Gasteiger partial charge on any atom is -0.481 e. The van der Waals surface area contributed by atoms with Gasteiger partial charge in [-0.2, -0.15) is 0 Å². The number of benzene rings is 4. The summed E-state index contributed by atoms with van der Waals surface area (Å²) < 4.78 is 10.8. The number of aliphatic carboxylic acids is 2. The molecule has 15 nitrogen and oxygen atoms in total. The number of carboxylic acid groups (broad SMARTS) is 2. The van der Waals surface area contributed by atoms with Crippen LogP contribution in [-0.2, 0) is 64.3 Å². The highest BCUT2D eigenvalue weighted by Gasteiger charge is 2.40. The topological polar surface area (TPSA) is 227 Å². The molecule has 0 aliphatic rings. The number of carboxylic acids is 2. The van der Waals surface area contributed by atoms with E-state index in [2.05, 4.69) is 21.3 Å². The zero-order valence-corrected chi connectivity index (χ0v) is 34.9. The second kappa shape index (κ2) is 24.3. The molecule has 0 fully saturated rings. The van der Waals surface area contributed by atoms with Crippen molar-refractivity contribution in [2.24, 2.45) is 17.8 Å². The summed E-state index contributed by atoms with van der Waals surface area (Å²) in [6, 6.07) is 28.6. The predicted molar refractivity (Wildman–Crippen MR) is 228 cm³/mol. The molecule has 328 valence electrons. The lowest BCUT2D eigenvalue weighted by Gasteiger charge is -2.30. The van der Waals surface area contributed by atoms with Gasteiger partial charge in [0.25, 0.3) is 0 Å². The standard InChI is InChI=1S/C47H54N4O11/c1-30(2)24-39(46(59)61-28-34-20-12-6-13-21-34)50-43(54)40(37(45(57)58)26-33-18-10-5-11-19-33)51-42(53)38(27-36(44(55)56)25-32-16-8-4-9-17-32)49-41(52)31(3)48-47(60)62-29-35-22-14-7-15-23-35/h4-23,30-31,36-40H,24-29H2,1-3H3,(H,48,60)(H,49,52)(H,50,54)(H,51,53)(H,55,56)(H,57,58)/t31-,36?,37?,38-,39-,40-/m0/s1. The highest BCUT2D eigenvalue weighted by Crippen LogP contribution is 2.19. The van der Waals surface area contributed by atoms with Gasteiger partial charge in [0, 0.05) is 0 Å². The summed E-state index contributed by atoms with van der Waals surface area (Å²) in [6.45, 7) is 4.78. The number of alkyl carbamates (subject to hydrolysis) is 1. The van der Waals surface area contributed by atoms with E-state index >= 15 is 0 Å². The summed E-state index contributed by atoms with van der Waals surface area (Å²) in [5, 5.41) is 30.9. The Bertz CT molecular complexity index is 2090. The van der Waals surface area contributed by atoms with Crippen molar-refractivity contribution in [1.29, 1.82) is 0 Å². The van der Waals surface area contributed by atoms with E-state index in [0.29, 0.717) is 22.3 Å². The van der Waals surface area contributed by atoms with Crippen molar-refractivity contribution < 1.29 is 53.2 Å². The van der Waals surface area contributed by atoms with E-state index in [0.717, 1.165) is 0 Å². The second-order valence-electron chi connectivity index (χ2n) is 15.4. The maximum atomic E-state index is 14.4. The molecule has 0 aromatic heterocycles. The van der Waals surface area contributed by atoms with Crippen LogP contribution in [0.1, 0.15) is 55.9 Å². The van der Waals surface area contributed by atoms with Crippen molar-refractivity contribution >= 4 is 41.7 Å². The summed E-state index contributed by atoms with van der Waals surface area (Å²) in [4.78, 5) is 94.2. The number of nitrogens with one attached hydrogen (secondary N) is 4. The molecule has 4 amide bonds. The first-order valence-electron chi connectivity index (χ1n) is 20.3. The first-order chi connectivity index (χ1) is 29.7. The van der Waals surface area contributed by atoms with Crippen LogP contribution in [0.15, 0.2) is 121 Å². The van der Waals surface area contributed by atoms with Crippen LogP contribution in [0.2, 0.25) is 0 Å². The highest BCUT2D eigenvalue weighted by atomic mass is 16.5. The van der Waals surface area contributed by atoms with Gasteiger partial charge in [0.2, 0.25) is 17.7 Å². The van der Waals surface area contributed by atoms with Gasteiger partial charge >= 0.3 is 24.0 Å². The van der Waals surface area contributed by atoms with Gasteiger partial charge in [-0.05, 0) is 60.8 Å². The zero-order chi connectivity index (χ0) is 45.0.